The molecule has 1 rings (SSSR count). The second-order valence-corrected chi connectivity index (χ2v) is 4.07. The molecule has 0 bridgehead atoms. The van der Waals surface area contributed by atoms with Gasteiger partial charge in [-0.1, -0.05) is 25.5 Å². The first-order chi connectivity index (χ1) is 8.63. The quantitative estimate of drug-likeness (QED) is 0.569. The molecule has 0 spiro atoms. The van der Waals surface area contributed by atoms with Crippen LogP contribution in [0.1, 0.15) is 19.8 Å². The third-order valence-electron chi connectivity index (χ3n) is 2.98. The molecule has 2 unspecified atom stereocenters. The zero-order chi connectivity index (χ0) is 13.6. The van der Waals surface area contributed by atoms with Gasteiger partial charge in [-0.05, 0) is 12.5 Å². The second kappa shape index (κ2) is 6.56. The number of rotatable bonds is 6. The van der Waals surface area contributed by atoms with Crippen molar-refractivity contribution >= 4 is 5.97 Å². The Morgan fingerprint density at radius 2 is 2.22 bits per heavy atom. The molecule has 1 aliphatic rings. The van der Waals surface area contributed by atoms with Crippen LogP contribution < -0.4 is 5.73 Å². The van der Waals surface area contributed by atoms with Gasteiger partial charge in [-0.15, -0.1) is 0 Å². The molecule has 5 nitrogen and oxygen atoms in total. The number of carbonyl (C=O) groups is 1. The maximum absolute atomic E-state index is 12.2. The first-order valence-corrected chi connectivity index (χ1v) is 6.04. The lowest BCUT2D eigenvalue weighted by molar-refractivity contribution is -0.170. The minimum absolute atomic E-state index is 0.355. The smallest absolute Gasteiger partial charge is 0.348 e. The highest BCUT2D eigenvalue weighted by molar-refractivity contribution is 5.85. The average Bonchev–Trinajstić information content (AvgIpc) is 2.38. The van der Waals surface area contributed by atoms with Crippen LogP contribution in [-0.4, -0.2) is 38.4 Å². The molecule has 0 fully saturated rings. The molecule has 0 heterocycles. The van der Waals surface area contributed by atoms with Crippen LogP contribution >= 0.6 is 0 Å². The Balaban J connectivity index is 2.91. The standard InChI is InChI=1S/C13H21NO4/c1-4-5-9-18-12(15)13(17-3)10(14)7-6-8-11(13)16-2/h6-8,10H,4-5,9,14H2,1-3H3. The summed E-state index contributed by atoms with van der Waals surface area (Å²) in [4.78, 5) is 12.2. The van der Waals surface area contributed by atoms with Gasteiger partial charge >= 0.3 is 5.97 Å². The van der Waals surface area contributed by atoms with E-state index in [2.05, 4.69) is 0 Å². The minimum atomic E-state index is -1.38. The normalized spacial score (nSPS) is 26.7. The fourth-order valence-electron chi connectivity index (χ4n) is 1.88. The maximum Gasteiger partial charge on any atom is 0.348 e. The molecule has 0 radical (unpaired) electrons. The van der Waals surface area contributed by atoms with Crippen molar-refractivity contribution in [2.24, 2.45) is 5.73 Å². The number of ether oxygens (including phenoxy) is 3. The molecular weight excluding hydrogens is 234 g/mol. The van der Waals surface area contributed by atoms with Gasteiger partial charge in [-0.25, -0.2) is 4.79 Å². The van der Waals surface area contributed by atoms with E-state index in [0.717, 1.165) is 12.8 Å². The Morgan fingerprint density at radius 3 is 2.78 bits per heavy atom. The molecule has 0 aromatic rings. The van der Waals surface area contributed by atoms with Crippen LogP contribution in [-0.2, 0) is 19.0 Å². The Kier molecular flexibility index (Phi) is 5.37. The number of esters is 1. The van der Waals surface area contributed by atoms with Crippen molar-refractivity contribution in [1.29, 1.82) is 0 Å². The fraction of sp³-hybridized carbons (Fsp3) is 0.615. The van der Waals surface area contributed by atoms with Gasteiger partial charge in [0, 0.05) is 7.11 Å². The van der Waals surface area contributed by atoms with Crippen LogP contribution in [0.3, 0.4) is 0 Å². The SMILES string of the molecule is CCCCOC(=O)C1(OC)C(OC)=CC=CC1N. The molecule has 5 heteroatoms. The summed E-state index contributed by atoms with van der Waals surface area (Å²) in [6.45, 7) is 2.38. The van der Waals surface area contributed by atoms with Gasteiger partial charge in [0.05, 0.1) is 19.8 Å². The van der Waals surface area contributed by atoms with Crippen molar-refractivity contribution in [3.63, 3.8) is 0 Å². The number of hydrogen-bond donors (Lipinski definition) is 1. The van der Waals surface area contributed by atoms with Crippen molar-refractivity contribution in [2.45, 2.75) is 31.4 Å². The molecule has 1 aliphatic carbocycles. The van der Waals surface area contributed by atoms with E-state index in [1.165, 1.54) is 14.2 Å². The van der Waals surface area contributed by atoms with Gasteiger partial charge in [0.25, 0.3) is 0 Å². The number of carbonyl (C=O) groups excluding carboxylic acids is 1. The highest BCUT2D eigenvalue weighted by Crippen LogP contribution is 2.30. The molecule has 0 aliphatic heterocycles. The van der Waals surface area contributed by atoms with Crippen LogP contribution in [0, 0.1) is 0 Å². The van der Waals surface area contributed by atoms with E-state index in [1.807, 2.05) is 6.92 Å². The van der Waals surface area contributed by atoms with Crippen LogP contribution in [0.5, 0.6) is 0 Å². The fourth-order valence-corrected chi connectivity index (χ4v) is 1.88. The molecule has 2 atom stereocenters. The molecule has 0 saturated carbocycles. The number of allylic oxidation sites excluding steroid dienone is 2. The number of hydrogen-bond acceptors (Lipinski definition) is 5. The molecule has 102 valence electrons. The van der Waals surface area contributed by atoms with Gasteiger partial charge in [-0.2, -0.15) is 0 Å². The topological polar surface area (TPSA) is 70.8 Å². The molecule has 0 aromatic heterocycles. The molecular formula is C13H21NO4. The summed E-state index contributed by atoms with van der Waals surface area (Å²) < 4.78 is 15.8. The van der Waals surface area contributed by atoms with E-state index >= 15 is 0 Å². The van der Waals surface area contributed by atoms with Crippen molar-refractivity contribution in [3.8, 4) is 0 Å². The summed E-state index contributed by atoms with van der Waals surface area (Å²) in [5.41, 5.74) is 4.58. The molecule has 2 N–H and O–H groups in total. The van der Waals surface area contributed by atoms with Crippen molar-refractivity contribution in [2.75, 3.05) is 20.8 Å². The van der Waals surface area contributed by atoms with E-state index in [4.69, 9.17) is 19.9 Å². The molecule has 0 saturated heterocycles. The van der Waals surface area contributed by atoms with Gasteiger partial charge in [0.2, 0.25) is 5.60 Å². The maximum atomic E-state index is 12.2. The molecule has 18 heavy (non-hydrogen) atoms. The van der Waals surface area contributed by atoms with E-state index in [0.29, 0.717) is 12.4 Å². The summed E-state index contributed by atoms with van der Waals surface area (Å²) in [6.07, 6.45) is 6.84. The Bertz CT molecular complexity index is 351. The number of unbranched alkanes of at least 4 members (excludes halogenated alkanes) is 1. The monoisotopic (exact) mass is 255 g/mol. The predicted molar refractivity (Wildman–Crippen MR) is 67.8 cm³/mol. The Labute approximate surface area is 108 Å². The second-order valence-electron chi connectivity index (χ2n) is 4.07. The lowest BCUT2D eigenvalue weighted by Crippen LogP contribution is -2.58. The zero-order valence-electron chi connectivity index (χ0n) is 11.1. The van der Waals surface area contributed by atoms with Gasteiger partial charge in [0.1, 0.15) is 5.76 Å². The highest BCUT2D eigenvalue weighted by Gasteiger charge is 2.51. The largest absolute Gasteiger partial charge is 0.497 e. The van der Waals surface area contributed by atoms with Crippen LogP contribution in [0.2, 0.25) is 0 Å². The van der Waals surface area contributed by atoms with Crippen LogP contribution in [0.25, 0.3) is 0 Å². The van der Waals surface area contributed by atoms with Gasteiger partial charge in [0.15, 0.2) is 0 Å². The summed E-state index contributed by atoms with van der Waals surface area (Å²) in [6, 6.07) is -0.628. The first-order valence-electron chi connectivity index (χ1n) is 6.04. The van der Waals surface area contributed by atoms with E-state index in [-0.39, 0.29) is 0 Å². The van der Waals surface area contributed by atoms with Gasteiger partial charge in [-0.3, -0.25) is 0 Å². The Hall–Kier alpha value is -1.33. The third kappa shape index (κ3) is 2.57. The van der Waals surface area contributed by atoms with Crippen LogP contribution in [0.4, 0.5) is 0 Å². The third-order valence-corrected chi connectivity index (χ3v) is 2.98. The van der Waals surface area contributed by atoms with Crippen LogP contribution in [0.15, 0.2) is 24.0 Å². The minimum Gasteiger partial charge on any atom is -0.497 e. The average molecular weight is 255 g/mol. The van der Waals surface area contributed by atoms with E-state index in [9.17, 15) is 4.79 Å². The summed E-state index contributed by atoms with van der Waals surface area (Å²) in [5, 5.41) is 0. The number of methoxy groups -OCH3 is 2. The predicted octanol–water partition coefficient (Wildman–Crippen LogP) is 1.14. The lowest BCUT2D eigenvalue weighted by atomic mass is 9.88. The summed E-state index contributed by atoms with van der Waals surface area (Å²) in [7, 11) is 2.90. The van der Waals surface area contributed by atoms with Crippen molar-refractivity contribution in [1.82, 2.24) is 0 Å². The number of nitrogens with two attached hydrogens (primary N) is 1. The van der Waals surface area contributed by atoms with E-state index < -0.39 is 17.6 Å². The Morgan fingerprint density at radius 1 is 1.50 bits per heavy atom. The van der Waals surface area contributed by atoms with Crippen molar-refractivity contribution < 1.29 is 19.0 Å². The van der Waals surface area contributed by atoms with E-state index in [1.54, 1.807) is 18.2 Å². The molecule has 0 amide bonds. The van der Waals surface area contributed by atoms with Crippen molar-refractivity contribution in [3.05, 3.63) is 24.0 Å². The lowest BCUT2D eigenvalue weighted by Gasteiger charge is -2.36. The first kappa shape index (κ1) is 14.7. The summed E-state index contributed by atoms with van der Waals surface area (Å²) in [5.74, 6) is -0.148. The van der Waals surface area contributed by atoms with Gasteiger partial charge < -0.3 is 19.9 Å². The zero-order valence-corrected chi connectivity index (χ0v) is 11.1. The molecule has 0 aromatic carbocycles. The summed E-state index contributed by atoms with van der Waals surface area (Å²) >= 11 is 0. The highest BCUT2D eigenvalue weighted by atomic mass is 16.6.